The van der Waals surface area contributed by atoms with Gasteiger partial charge in [-0.25, -0.2) is 4.79 Å². The van der Waals surface area contributed by atoms with E-state index in [0.29, 0.717) is 25.0 Å². The molecule has 2 rings (SSSR count). The minimum Gasteiger partial charge on any atom is -0.450 e. The number of nitrogens with zero attached hydrogens (tertiary/aromatic N) is 4. The zero-order chi connectivity index (χ0) is 19.8. The summed E-state index contributed by atoms with van der Waals surface area (Å²) in [6.45, 7) is 8.98. The van der Waals surface area contributed by atoms with Gasteiger partial charge in [0.05, 0.1) is 12.8 Å². The van der Waals surface area contributed by atoms with Crippen LogP contribution in [0, 0.1) is 5.92 Å². The summed E-state index contributed by atoms with van der Waals surface area (Å²) >= 11 is 0. The Hall–Kier alpha value is -1.52. The maximum Gasteiger partial charge on any atom is 0.407 e. The van der Waals surface area contributed by atoms with Crippen molar-refractivity contribution in [2.45, 2.75) is 45.6 Å². The van der Waals surface area contributed by atoms with Gasteiger partial charge in [-0.1, -0.05) is 13.8 Å². The van der Waals surface area contributed by atoms with E-state index in [0.717, 1.165) is 31.9 Å². The van der Waals surface area contributed by atoms with Crippen LogP contribution in [0.15, 0.2) is 17.4 Å². The second-order valence-electron chi connectivity index (χ2n) is 7.50. The van der Waals surface area contributed by atoms with Gasteiger partial charge in [-0.05, 0) is 31.2 Å². The highest BCUT2D eigenvalue weighted by Crippen LogP contribution is 2.26. The number of amides is 1. The molecule has 1 saturated heterocycles. The summed E-state index contributed by atoms with van der Waals surface area (Å²) in [5.41, 5.74) is 1.28. The van der Waals surface area contributed by atoms with Crippen LogP contribution < -0.4 is 10.6 Å². The predicted octanol–water partition coefficient (Wildman–Crippen LogP) is 2.56. The fraction of sp³-hybridized carbons (Fsp3) is 0.737. The van der Waals surface area contributed by atoms with Crippen molar-refractivity contribution < 1.29 is 9.53 Å². The third-order valence-electron chi connectivity index (χ3n) is 4.76. The fourth-order valence-electron chi connectivity index (χ4n) is 3.52. The number of aliphatic imine (C=N–C) groups is 1. The second-order valence-corrected chi connectivity index (χ2v) is 7.50. The van der Waals surface area contributed by atoms with Gasteiger partial charge in [0, 0.05) is 51.9 Å². The van der Waals surface area contributed by atoms with Crippen molar-refractivity contribution in [3.63, 3.8) is 0 Å². The molecule has 0 spiro atoms. The second kappa shape index (κ2) is 12.1. The molecule has 0 aliphatic carbocycles. The Morgan fingerprint density at radius 1 is 1.46 bits per heavy atom. The summed E-state index contributed by atoms with van der Waals surface area (Å²) in [5.74, 6) is 1.82. The molecular formula is C19H35IN6O2. The number of halogens is 1. The van der Waals surface area contributed by atoms with Crippen LogP contribution in [0.2, 0.25) is 0 Å². The molecule has 28 heavy (non-hydrogen) atoms. The first kappa shape index (κ1) is 24.5. The average molecular weight is 506 g/mol. The number of hydrogen-bond donors (Lipinski definition) is 2. The van der Waals surface area contributed by atoms with Gasteiger partial charge < -0.3 is 20.3 Å². The molecule has 1 amide bonds. The molecule has 1 aliphatic rings. The van der Waals surface area contributed by atoms with Crippen LogP contribution in [0.3, 0.4) is 0 Å². The molecular weight excluding hydrogens is 471 g/mol. The van der Waals surface area contributed by atoms with Gasteiger partial charge >= 0.3 is 6.09 Å². The molecule has 2 heterocycles. The molecule has 1 aromatic rings. The van der Waals surface area contributed by atoms with E-state index in [9.17, 15) is 4.79 Å². The van der Waals surface area contributed by atoms with Crippen LogP contribution in [0.1, 0.15) is 45.1 Å². The lowest BCUT2D eigenvalue weighted by atomic mass is 10.0. The molecule has 2 atom stereocenters. The maximum absolute atomic E-state index is 11.8. The lowest BCUT2D eigenvalue weighted by molar-refractivity contribution is 0.146. The third-order valence-corrected chi connectivity index (χ3v) is 4.76. The smallest absolute Gasteiger partial charge is 0.407 e. The summed E-state index contributed by atoms with van der Waals surface area (Å²) in [7, 11) is 3.75. The Morgan fingerprint density at radius 3 is 2.79 bits per heavy atom. The fourth-order valence-corrected chi connectivity index (χ4v) is 3.52. The van der Waals surface area contributed by atoms with E-state index in [1.165, 1.54) is 5.56 Å². The number of carbonyl (C=O) groups is 1. The zero-order valence-corrected chi connectivity index (χ0v) is 20.0. The van der Waals surface area contributed by atoms with Crippen molar-refractivity contribution in [3.05, 3.63) is 18.0 Å². The lowest BCUT2D eigenvalue weighted by Gasteiger charge is -2.25. The summed E-state index contributed by atoms with van der Waals surface area (Å²) in [4.78, 5) is 18.5. The van der Waals surface area contributed by atoms with Crippen LogP contribution in [-0.2, 0) is 11.8 Å². The molecule has 0 radical (unpaired) electrons. The monoisotopic (exact) mass is 506 g/mol. The number of carbonyl (C=O) groups excluding carboxylic acids is 1. The van der Waals surface area contributed by atoms with E-state index >= 15 is 0 Å². The molecule has 9 heteroatoms. The Labute approximate surface area is 185 Å². The number of guanidine groups is 1. The zero-order valence-electron chi connectivity index (χ0n) is 17.6. The Morgan fingerprint density at radius 2 is 2.21 bits per heavy atom. The van der Waals surface area contributed by atoms with Crippen molar-refractivity contribution in [3.8, 4) is 0 Å². The average Bonchev–Trinajstić information content (AvgIpc) is 3.24. The molecule has 2 N–H and O–H groups in total. The number of alkyl carbamates (subject to hydrolysis) is 1. The highest BCUT2D eigenvalue weighted by atomic mass is 127. The van der Waals surface area contributed by atoms with E-state index in [1.54, 1.807) is 7.05 Å². The number of aryl methyl sites for hydroxylation is 1. The third kappa shape index (κ3) is 7.48. The minimum absolute atomic E-state index is 0. The van der Waals surface area contributed by atoms with Crippen LogP contribution >= 0.6 is 24.0 Å². The van der Waals surface area contributed by atoms with E-state index in [-0.39, 0.29) is 36.1 Å². The summed E-state index contributed by atoms with van der Waals surface area (Å²) < 4.78 is 6.88. The Kier molecular flexibility index (Phi) is 10.6. The Bertz CT molecular complexity index is 634. The molecule has 8 nitrogen and oxygen atoms in total. The number of aromatic nitrogens is 2. The molecule has 1 aromatic heterocycles. The summed E-state index contributed by atoms with van der Waals surface area (Å²) in [6, 6.07) is -0.00229. The molecule has 160 valence electrons. The molecule has 0 saturated carbocycles. The van der Waals surface area contributed by atoms with Gasteiger partial charge in [-0.3, -0.25) is 9.67 Å². The van der Waals surface area contributed by atoms with Crippen molar-refractivity contribution in [1.82, 2.24) is 25.3 Å². The first-order chi connectivity index (χ1) is 12.9. The quantitative estimate of drug-likeness (QED) is 0.338. The highest BCUT2D eigenvalue weighted by Gasteiger charge is 2.27. The van der Waals surface area contributed by atoms with Gasteiger partial charge in [-0.15, -0.1) is 24.0 Å². The molecule has 2 unspecified atom stereocenters. The minimum atomic E-state index is -0.363. The molecule has 0 bridgehead atoms. The first-order valence-corrected chi connectivity index (χ1v) is 9.80. The predicted molar refractivity (Wildman–Crippen MR) is 122 cm³/mol. The standard InChI is InChI=1S/C19H34N6O2.HI/c1-6-27-19(26)23-17(9-14(2)3)11-21-18(20-4)25-8-7-15(13-25)16-10-22-24(5)12-16;/h10,12,14-15,17H,6-9,11,13H2,1-5H3,(H,20,21)(H,23,26);1H. The van der Waals surface area contributed by atoms with E-state index in [1.807, 2.05) is 24.9 Å². The van der Waals surface area contributed by atoms with Gasteiger partial charge in [0.2, 0.25) is 0 Å². The Balaban J connectivity index is 0.00000392. The van der Waals surface area contributed by atoms with Gasteiger partial charge in [0.15, 0.2) is 5.96 Å². The van der Waals surface area contributed by atoms with Gasteiger partial charge in [0.25, 0.3) is 0 Å². The van der Waals surface area contributed by atoms with Crippen LogP contribution in [0.5, 0.6) is 0 Å². The van der Waals surface area contributed by atoms with Crippen LogP contribution in [0.25, 0.3) is 0 Å². The normalized spacial score (nSPS) is 18.0. The van der Waals surface area contributed by atoms with Crippen molar-refractivity contribution >= 4 is 36.0 Å². The molecule has 0 aromatic carbocycles. The highest BCUT2D eigenvalue weighted by molar-refractivity contribution is 14.0. The number of hydrogen-bond acceptors (Lipinski definition) is 4. The number of rotatable bonds is 7. The first-order valence-electron chi connectivity index (χ1n) is 9.80. The van der Waals surface area contributed by atoms with Gasteiger partial charge in [-0.2, -0.15) is 5.10 Å². The molecule has 1 aliphatic heterocycles. The van der Waals surface area contributed by atoms with Crippen molar-refractivity contribution in [1.29, 1.82) is 0 Å². The van der Waals surface area contributed by atoms with Crippen molar-refractivity contribution in [2.24, 2.45) is 18.0 Å². The van der Waals surface area contributed by atoms with E-state index in [2.05, 4.69) is 45.7 Å². The van der Waals surface area contributed by atoms with E-state index < -0.39 is 0 Å². The topological polar surface area (TPSA) is 83.8 Å². The van der Waals surface area contributed by atoms with E-state index in [4.69, 9.17) is 4.74 Å². The van der Waals surface area contributed by atoms with Crippen LogP contribution in [-0.4, -0.2) is 66.1 Å². The summed E-state index contributed by atoms with van der Waals surface area (Å²) in [6.07, 6.45) is 5.64. The van der Waals surface area contributed by atoms with Crippen LogP contribution in [0.4, 0.5) is 4.79 Å². The number of ether oxygens (including phenoxy) is 1. The lowest BCUT2D eigenvalue weighted by Crippen LogP contribution is -2.48. The molecule has 1 fully saturated rings. The largest absolute Gasteiger partial charge is 0.450 e. The van der Waals surface area contributed by atoms with Crippen molar-refractivity contribution in [2.75, 3.05) is 33.3 Å². The summed E-state index contributed by atoms with van der Waals surface area (Å²) in [5, 5.41) is 10.7. The SMILES string of the molecule is CCOC(=O)NC(CNC(=NC)N1CCC(c2cnn(C)c2)C1)CC(C)C.I. The number of likely N-dealkylation sites (tertiary alicyclic amines) is 1. The number of nitrogens with one attached hydrogen (secondary N) is 2. The maximum atomic E-state index is 11.8. The van der Waals surface area contributed by atoms with Gasteiger partial charge in [0.1, 0.15) is 0 Å².